The molecular formula is C26H42O7. The maximum Gasteiger partial charge on any atom is 0.186 e. The van der Waals surface area contributed by atoms with Crippen molar-refractivity contribution in [2.24, 2.45) is 28.1 Å². The van der Waals surface area contributed by atoms with E-state index in [0.717, 1.165) is 32.1 Å². The van der Waals surface area contributed by atoms with E-state index in [4.69, 9.17) is 9.47 Å². The summed E-state index contributed by atoms with van der Waals surface area (Å²) in [6.45, 7) is 10.4. The van der Waals surface area contributed by atoms with Gasteiger partial charge in [0.05, 0.1) is 19.3 Å². The van der Waals surface area contributed by atoms with E-state index in [9.17, 15) is 25.5 Å². The highest BCUT2D eigenvalue weighted by Crippen LogP contribution is 2.63. The lowest BCUT2D eigenvalue weighted by Crippen LogP contribution is -2.61. The molecule has 0 aromatic carbocycles. The lowest BCUT2D eigenvalue weighted by Gasteiger charge is -2.61. The van der Waals surface area contributed by atoms with E-state index in [1.807, 2.05) is 0 Å². The molecule has 0 radical (unpaired) electrons. The Morgan fingerprint density at radius 3 is 2.48 bits per heavy atom. The molecule has 7 nitrogen and oxygen atoms in total. The molecule has 33 heavy (non-hydrogen) atoms. The third kappa shape index (κ3) is 4.14. The summed E-state index contributed by atoms with van der Waals surface area (Å²) in [6, 6.07) is 0. The fourth-order valence-electron chi connectivity index (χ4n) is 7.30. The van der Waals surface area contributed by atoms with Gasteiger partial charge in [-0.2, -0.15) is 0 Å². The van der Waals surface area contributed by atoms with Gasteiger partial charge in [0, 0.05) is 5.41 Å². The number of hydrogen-bond acceptors (Lipinski definition) is 7. The monoisotopic (exact) mass is 466 g/mol. The molecular weight excluding hydrogens is 424 g/mol. The van der Waals surface area contributed by atoms with E-state index in [-0.39, 0.29) is 23.4 Å². The molecule has 5 N–H and O–H groups in total. The Labute approximate surface area is 197 Å². The number of rotatable bonds is 5. The molecule has 7 heteroatoms. The number of hydrogen-bond donors (Lipinski definition) is 5. The zero-order valence-electron chi connectivity index (χ0n) is 20.2. The molecule has 1 aliphatic heterocycles. The van der Waals surface area contributed by atoms with E-state index in [2.05, 4.69) is 39.5 Å². The second kappa shape index (κ2) is 9.01. The normalized spacial score (nSPS) is 52.4. The average molecular weight is 467 g/mol. The smallest absolute Gasteiger partial charge is 0.186 e. The predicted molar refractivity (Wildman–Crippen MR) is 123 cm³/mol. The molecule has 1 heterocycles. The second-order valence-corrected chi connectivity index (χ2v) is 11.8. The Kier molecular flexibility index (Phi) is 6.91. The van der Waals surface area contributed by atoms with Gasteiger partial charge in [0.15, 0.2) is 6.29 Å². The lowest BCUT2D eigenvalue weighted by molar-refractivity contribution is -0.312. The SMILES string of the molecule is C=C[C@@]1(C)CCC2C(=CCC3[C@]2(C)CC[C@H](O)[C@]3(C)CO[C@@H]2O[C@H](CO)[C@@H](O)[C@H](O)[C@@H]2O)C1. The van der Waals surface area contributed by atoms with Crippen LogP contribution in [0.3, 0.4) is 0 Å². The predicted octanol–water partition coefficient (Wildman–Crippen LogP) is 1.91. The molecule has 0 bridgehead atoms. The number of aliphatic hydroxyl groups excluding tert-OH is 5. The summed E-state index contributed by atoms with van der Waals surface area (Å²) >= 11 is 0. The molecule has 0 aromatic rings. The van der Waals surface area contributed by atoms with Crippen LogP contribution in [0.25, 0.3) is 0 Å². The first-order valence-corrected chi connectivity index (χ1v) is 12.4. The Morgan fingerprint density at radius 1 is 1.09 bits per heavy atom. The first-order chi connectivity index (χ1) is 15.5. The molecule has 188 valence electrons. The van der Waals surface area contributed by atoms with Gasteiger partial charge < -0.3 is 35.0 Å². The molecule has 2 saturated carbocycles. The Morgan fingerprint density at radius 2 is 1.82 bits per heavy atom. The summed E-state index contributed by atoms with van der Waals surface area (Å²) in [7, 11) is 0. The van der Waals surface area contributed by atoms with Crippen LogP contribution in [0.15, 0.2) is 24.3 Å². The van der Waals surface area contributed by atoms with Crippen LogP contribution in [0.1, 0.15) is 59.3 Å². The van der Waals surface area contributed by atoms with Crippen LogP contribution >= 0.6 is 0 Å². The highest BCUT2D eigenvalue weighted by Gasteiger charge is 2.59. The summed E-state index contributed by atoms with van der Waals surface area (Å²) in [5, 5.41) is 51.1. The van der Waals surface area contributed by atoms with Crippen molar-refractivity contribution in [2.75, 3.05) is 13.2 Å². The van der Waals surface area contributed by atoms with Crippen LogP contribution in [-0.4, -0.2) is 75.6 Å². The van der Waals surface area contributed by atoms with Crippen LogP contribution in [0.5, 0.6) is 0 Å². The average Bonchev–Trinajstić information content (AvgIpc) is 2.80. The molecule has 4 aliphatic rings. The maximum atomic E-state index is 11.1. The largest absolute Gasteiger partial charge is 0.394 e. The molecule has 0 spiro atoms. The molecule has 3 fully saturated rings. The van der Waals surface area contributed by atoms with Gasteiger partial charge in [-0.3, -0.25) is 0 Å². The van der Waals surface area contributed by atoms with E-state index < -0.39 is 48.8 Å². The quantitative estimate of drug-likeness (QED) is 0.393. The number of allylic oxidation sites excluding steroid dienone is 3. The highest BCUT2D eigenvalue weighted by atomic mass is 16.7. The van der Waals surface area contributed by atoms with Crippen molar-refractivity contribution in [1.82, 2.24) is 0 Å². The van der Waals surface area contributed by atoms with E-state index in [1.165, 1.54) is 5.57 Å². The summed E-state index contributed by atoms with van der Waals surface area (Å²) < 4.78 is 11.5. The second-order valence-electron chi connectivity index (χ2n) is 11.8. The van der Waals surface area contributed by atoms with Crippen LogP contribution in [0, 0.1) is 28.1 Å². The number of aliphatic hydroxyl groups is 5. The van der Waals surface area contributed by atoms with Crippen molar-refractivity contribution in [3.8, 4) is 0 Å². The zero-order chi connectivity index (χ0) is 24.2. The Bertz CT molecular complexity index is 768. The molecule has 0 amide bonds. The van der Waals surface area contributed by atoms with Gasteiger partial charge in [-0.1, -0.05) is 38.5 Å². The fourth-order valence-corrected chi connectivity index (χ4v) is 7.30. The van der Waals surface area contributed by atoms with Crippen molar-refractivity contribution in [3.63, 3.8) is 0 Å². The van der Waals surface area contributed by atoms with Crippen LogP contribution in [0.4, 0.5) is 0 Å². The number of ether oxygens (including phenoxy) is 2. The minimum absolute atomic E-state index is 0.0410. The van der Waals surface area contributed by atoms with Gasteiger partial charge in [-0.15, -0.1) is 6.58 Å². The van der Waals surface area contributed by atoms with Gasteiger partial charge in [-0.05, 0) is 61.2 Å². The molecule has 3 aliphatic carbocycles. The van der Waals surface area contributed by atoms with Crippen molar-refractivity contribution in [2.45, 2.75) is 96.1 Å². The number of fused-ring (bicyclic) bond motifs is 3. The first-order valence-electron chi connectivity index (χ1n) is 12.4. The third-order valence-electron chi connectivity index (χ3n) is 9.68. The van der Waals surface area contributed by atoms with Gasteiger partial charge in [0.2, 0.25) is 0 Å². The highest BCUT2D eigenvalue weighted by molar-refractivity contribution is 5.25. The van der Waals surface area contributed by atoms with Gasteiger partial charge >= 0.3 is 0 Å². The van der Waals surface area contributed by atoms with Crippen molar-refractivity contribution in [3.05, 3.63) is 24.3 Å². The van der Waals surface area contributed by atoms with Gasteiger partial charge in [-0.25, -0.2) is 0 Å². The first kappa shape index (κ1) is 25.3. The van der Waals surface area contributed by atoms with Crippen molar-refractivity contribution in [1.29, 1.82) is 0 Å². The fraction of sp³-hybridized carbons (Fsp3) is 0.846. The molecule has 1 saturated heterocycles. The molecule has 0 aromatic heterocycles. The third-order valence-corrected chi connectivity index (χ3v) is 9.68. The van der Waals surface area contributed by atoms with Crippen molar-refractivity contribution >= 4 is 0 Å². The Hall–Kier alpha value is -0.800. The van der Waals surface area contributed by atoms with Gasteiger partial charge in [0.1, 0.15) is 24.4 Å². The van der Waals surface area contributed by atoms with Crippen LogP contribution < -0.4 is 0 Å². The summed E-state index contributed by atoms with van der Waals surface area (Å²) in [6.07, 6.45) is 3.17. The topological polar surface area (TPSA) is 120 Å². The van der Waals surface area contributed by atoms with Crippen LogP contribution in [0.2, 0.25) is 0 Å². The minimum Gasteiger partial charge on any atom is -0.394 e. The Balaban J connectivity index is 1.54. The maximum absolute atomic E-state index is 11.1. The van der Waals surface area contributed by atoms with Crippen molar-refractivity contribution < 1.29 is 35.0 Å². The van der Waals surface area contributed by atoms with E-state index in [1.54, 1.807) is 0 Å². The standard InChI is InChI=1S/C26H42O7/c1-5-24(2)10-8-16-15(12-24)6-7-18-25(16,3)11-9-19(28)26(18,4)14-32-23-22(31)21(30)20(29)17(13-27)33-23/h5-6,16-23,27-31H,1,7-14H2,2-4H3/t16?,17-,18?,19+,20-,21+,22+,23-,24+,25-,26-/m1/s1. The minimum atomic E-state index is -1.48. The molecule has 4 rings (SSSR count). The molecule has 2 unspecified atom stereocenters. The van der Waals surface area contributed by atoms with E-state index in [0.29, 0.717) is 12.3 Å². The summed E-state index contributed by atoms with van der Waals surface area (Å²) in [4.78, 5) is 0. The summed E-state index contributed by atoms with van der Waals surface area (Å²) in [5.74, 6) is 0.670. The summed E-state index contributed by atoms with van der Waals surface area (Å²) in [5.41, 5.74) is 1.15. The zero-order valence-corrected chi connectivity index (χ0v) is 20.2. The van der Waals surface area contributed by atoms with E-state index >= 15 is 0 Å². The lowest BCUT2D eigenvalue weighted by atomic mass is 9.45. The van der Waals surface area contributed by atoms with Gasteiger partial charge in [0.25, 0.3) is 0 Å². The molecule has 11 atom stereocenters. The van der Waals surface area contributed by atoms with Crippen LogP contribution in [-0.2, 0) is 9.47 Å².